The Hall–Kier alpha value is -0.740. The van der Waals surface area contributed by atoms with Gasteiger partial charge in [0.05, 0.1) is 10.2 Å². The van der Waals surface area contributed by atoms with Crippen molar-refractivity contribution in [3.63, 3.8) is 0 Å². The maximum atomic E-state index is 11.8. The van der Waals surface area contributed by atoms with E-state index in [-0.39, 0.29) is 10.8 Å². The summed E-state index contributed by atoms with van der Waals surface area (Å²) in [5.74, 6) is 0. The summed E-state index contributed by atoms with van der Waals surface area (Å²) >= 11 is 5.14. The molecule has 0 bridgehead atoms. The van der Waals surface area contributed by atoms with Gasteiger partial charge in [0.25, 0.3) is 0 Å². The molecule has 0 unspecified atom stereocenters. The number of hydrogen-bond donors (Lipinski definition) is 1. The van der Waals surface area contributed by atoms with Crippen LogP contribution in [-0.4, -0.2) is 31.1 Å². The van der Waals surface area contributed by atoms with Crippen molar-refractivity contribution in [2.24, 2.45) is 0 Å². The minimum absolute atomic E-state index is 0.00877. The number of hydrogen-bond acceptors (Lipinski definition) is 4. The quantitative estimate of drug-likeness (QED) is 0.804. The second-order valence-electron chi connectivity index (χ2n) is 5.61. The minimum Gasteiger partial charge on any atom is -0.380 e. The molecule has 0 atom stereocenters. The Balaban J connectivity index is 2.67. The standard InChI is InChI=1S/C14H24N2OS/c1-6-16(7-2)9-8-15-11-10(14(3,4)5)13(18)12(11)17/h15H,6-9H2,1-5H3. The normalized spacial score (nSPS) is 12.3. The molecule has 0 fully saturated rings. The maximum absolute atomic E-state index is 11.8. The van der Waals surface area contributed by atoms with Crippen LogP contribution in [0.2, 0.25) is 0 Å². The molecular formula is C14H24N2OS. The number of rotatable bonds is 6. The SMILES string of the molecule is CCN(CC)CCNc1c(C(C)(C)C)c(=S)c1=O. The number of likely N-dealkylation sites (N-methyl/N-ethyl adjacent to an activating group) is 1. The lowest BCUT2D eigenvalue weighted by Crippen LogP contribution is -2.33. The van der Waals surface area contributed by atoms with Crippen molar-refractivity contribution in [3.05, 3.63) is 20.3 Å². The zero-order valence-electron chi connectivity index (χ0n) is 12.1. The minimum atomic E-state index is -0.0530. The summed E-state index contributed by atoms with van der Waals surface area (Å²) in [7, 11) is 0. The third kappa shape index (κ3) is 3.18. The van der Waals surface area contributed by atoms with E-state index in [4.69, 9.17) is 12.2 Å². The predicted molar refractivity (Wildman–Crippen MR) is 80.9 cm³/mol. The van der Waals surface area contributed by atoms with E-state index in [1.54, 1.807) is 0 Å². The highest BCUT2D eigenvalue weighted by Crippen LogP contribution is 2.30. The Morgan fingerprint density at radius 1 is 1.22 bits per heavy atom. The lowest BCUT2D eigenvalue weighted by molar-refractivity contribution is 0.316. The molecule has 0 spiro atoms. The third-order valence-corrected chi connectivity index (χ3v) is 3.67. The summed E-state index contributed by atoms with van der Waals surface area (Å²) in [4.78, 5) is 14.1. The van der Waals surface area contributed by atoms with Crippen LogP contribution in [-0.2, 0) is 5.41 Å². The summed E-state index contributed by atoms with van der Waals surface area (Å²) in [6, 6.07) is 0. The van der Waals surface area contributed by atoms with Gasteiger partial charge < -0.3 is 10.2 Å². The lowest BCUT2D eigenvalue weighted by atomic mass is 9.83. The van der Waals surface area contributed by atoms with Gasteiger partial charge in [-0.05, 0) is 18.5 Å². The van der Waals surface area contributed by atoms with Gasteiger partial charge in [0.2, 0.25) is 5.43 Å². The van der Waals surface area contributed by atoms with Crippen molar-refractivity contribution in [1.82, 2.24) is 4.90 Å². The summed E-state index contributed by atoms with van der Waals surface area (Å²) in [6.07, 6.45) is 0. The lowest BCUT2D eigenvalue weighted by Gasteiger charge is -2.26. The molecule has 1 N–H and O–H groups in total. The molecule has 0 aromatic heterocycles. The highest BCUT2D eigenvalue weighted by Gasteiger charge is 2.27. The van der Waals surface area contributed by atoms with Crippen LogP contribution in [0.5, 0.6) is 0 Å². The number of nitrogens with one attached hydrogen (secondary N) is 1. The molecule has 0 radical (unpaired) electrons. The summed E-state index contributed by atoms with van der Waals surface area (Å²) in [5.41, 5.74) is 1.71. The van der Waals surface area contributed by atoms with Crippen LogP contribution in [0.1, 0.15) is 40.2 Å². The van der Waals surface area contributed by atoms with Crippen molar-refractivity contribution >= 4 is 17.9 Å². The Kier molecular flexibility index (Phi) is 5.05. The van der Waals surface area contributed by atoms with Gasteiger partial charge in [-0.3, -0.25) is 4.79 Å². The smallest absolute Gasteiger partial charge is 0.220 e. The first-order chi connectivity index (χ1) is 8.32. The zero-order valence-corrected chi connectivity index (χ0v) is 12.9. The first-order valence-corrected chi connectivity index (χ1v) is 7.03. The van der Waals surface area contributed by atoms with Crippen molar-refractivity contribution in [2.45, 2.75) is 40.0 Å². The van der Waals surface area contributed by atoms with Crippen LogP contribution in [0.25, 0.3) is 0 Å². The van der Waals surface area contributed by atoms with Gasteiger partial charge in [0.15, 0.2) is 0 Å². The average Bonchev–Trinajstić information content (AvgIpc) is 2.30. The second-order valence-corrected chi connectivity index (χ2v) is 6.02. The number of anilines is 1. The van der Waals surface area contributed by atoms with Crippen LogP contribution in [0.4, 0.5) is 5.69 Å². The molecule has 0 saturated carbocycles. The fourth-order valence-electron chi connectivity index (χ4n) is 2.15. The molecule has 1 aromatic carbocycles. The third-order valence-electron chi connectivity index (χ3n) is 3.28. The molecule has 0 saturated heterocycles. The largest absolute Gasteiger partial charge is 0.380 e. The van der Waals surface area contributed by atoms with Gasteiger partial charge in [-0.15, -0.1) is 0 Å². The van der Waals surface area contributed by atoms with Gasteiger partial charge in [0, 0.05) is 18.7 Å². The van der Waals surface area contributed by atoms with E-state index in [1.807, 2.05) is 0 Å². The maximum Gasteiger partial charge on any atom is 0.220 e. The van der Waals surface area contributed by atoms with E-state index < -0.39 is 0 Å². The van der Waals surface area contributed by atoms with Crippen LogP contribution in [0, 0.1) is 4.51 Å². The van der Waals surface area contributed by atoms with Crippen molar-refractivity contribution in [1.29, 1.82) is 0 Å². The molecule has 1 aromatic rings. The molecule has 0 aliphatic rings. The Morgan fingerprint density at radius 3 is 2.22 bits per heavy atom. The van der Waals surface area contributed by atoms with Gasteiger partial charge in [-0.1, -0.05) is 46.8 Å². The highest BCUT2D eigenvalue weighted by molar-refractivity contribution is 7.71. The van der Waals surface area contributed by atoms with Gasteiger partial charge in [-0.2, -0.15) is 0 Å². The summed E-state index contributed by atoms with van der Waals surface area (Å²) in [5, 5.41) is 3.26. The topological polar surface area (TPSA) is 32.3 Å². The highest BCUT2D eigenvalue weighted by atomic mass is 32.1. The second kappa shape index (κ2) is 5.93. The van der Waals surface area contributed by atoms with E-state index in [1.165, 1.54) is 0 Å². The molecule has 0 aliphatic heterocycles. The Bertz CT molecular complexity index is 463. The predicted octanol–water partition coefficient (Wildman–Crippen LogP) is 2.70. The summed E-state index contributed by atoms with van der Waals surface area (Å²) < 4.78 is 0.507. The Morgan fingerprint density at radius 2 is 1.78 bits per heavy atom. The molecule has 0 heterocycles. The summed E-state index contributed by atoms with van der Waals surface area (Å²) in [6.45, 7) is 14.4. The first kappa shape index (κ1) is 15.3. The monoisotopic (exact) mass is 268 g/mol. The molecular weight excluding hydrogens is 244 g/mol. The van der Waals surface area contributed by atoms with Crippen molar-refractivity contribution < 1.29 is 0 Å². The van der Waals surface area contributed by atoms with Gasteiger partial charge in [-0.25, -0.2) is 0 Å². The molecule has 1 rings (SSSR count). The van der Waals surface area contributed by atoms with Crippen molar-refractivity contribution in [2.75, 3.05) is 31.5 Å². The fourth-order valence-corrected chi connectivity index (χ4v) is 2.67. The van der Waals surface area contributed by atoms with E-state index >= 15 is 0 Å². The fraction of sp³-hybridized carbons (Fsp3) is 0.714. The van der Waals surface area contributed by atoms with Crippen LogP contribution in [0.3, 0.4) is 0 Å². The van der Waals surface area contributed by atoms with E-state index in [0.29, 0.717) is 4.51 Å². The van der Waals surface area contributed by atoms with Crippen LogP contribution in [0.15, 0.2) is 4.79 Å². The number of nitrogens with zero attached hydrogens (tertiary/aromatic N) is 1. The molecule has 3 nitrogen and oxygen atoms in total. The van der Waals surface area contributed by atoms with E-state index in [0.717, 1.165) is 37.4 Å². The van der Waals surface area contributed by atoms with E-state index in [9.17, 15) is 4.79 Å². The zero-order chi connectivity index (χ0) is 13.9. The molecule has 0 aliphatic carbocycles. The van der Waals surface area contributed by atoms with E-state index in [2.05, 4.69) is 44.8 Å². The molecule has 4 heteroatoms. The Labute approximate surface area is 115 Å². The van der Waals surface area contributed by atoms with Crippen LogP contribution < -0.4 is 10.7 Å². The van der Waals surface area contributed by atoms with Gasteiger partial charge >= 0.3 is 0 Å². The molecule has 0 amide bonds. The average molecular weight is 268 g/mol. The molecule has 102 valence electrons. The van der Waals surface area contributed by atoms with Gasteiger partial charge in [0.1, 0.15) is 0 Å². The van der Waals surface area contributed by atoms with Crippen LogP contribution >= 0.6 is 12.2 Å². The molecule has 18 heavy (non-hydrogen) atoms. The van der Waals surface area contributed by atoms with Crippen molar-refractivity contribution in [3.8, 4) is 0 Å². The first-order valence-electron chi connectivity index (χ1n) is 6.62.